The van der Waals surface area contributed by atoms with Gasteiger partial charge in [-0.3, -0.25) is 4.79 Å². The Morgan fingerprint density at radius 2 is 2.05 bits per heavy atom. The number of amides is 1. The molecule has 1 amide bonds. The summed E-state index contributed by atoms with van der Waals surface area (Å²) in [6.07, 6.45) is -2.33. The van der Waals surface area contributed by atoms with E-state index in [-0.39, 0.29) is 11.6 Å². The third-order valence-electron chi connectivity index (χ3n) is 3.23. The molecule has 0 saturated heterocycles. The van der Waals surface area contributed by atoms with Gasteiger partial charge < -0.3 is 5.32 Å². The summed E-state index contributed by atoms with van der Waals surface area (Å²) >= 11 is 3.11. The first-order valence-corrected chi connectivity index (χ1v) is 6.76. The average Bonchev–Trinajstić information content (AvgIpc) is 3.11. The van der Waals surface area contributed by atoms with Crippen LogP contribution in [0, 0.1) is 5.92 Å². The van der Waals surface area contributed by atoms with Gasteiger partial charge >= 0.3 is 6.18 Å². The summed E-state index contributed by atoms with van der Waals surface area (Å²) in [4.78, 5) is 12.0. The summed E-state index contributed by atoms with van der Waals surface area (Å²) in [6, 6.07) is 3.07. The van der Waals surface area contributed by atoms with Gasteiger partial charge in [0.25, 0.3) is 5.91 Å². The Kier molecular flexibility index (Phi) is 3.90. The molecule has 1 fully saturated rings. The molecule has 1 atom stereocenters. The van der Waals surface area contributed by atoms with Gasteiger partial charge in [0.2, 0.25) is 0 Å². The summed E-state index contributed by atoms with van der Waals surface area (Å²) in [5.74, 6) is -0.0223. The maximum atomic E-state index is 12.6. The summed E-state index contributed by atoms with van der Waals surface area (Å²) < 4.78 is 38.2. The van der Waals surface area contributed by atoms with Crippen LogP contribution in [0.4, 0.5) is 13.2 Å². The van der Waals surface area contributed by atoms with Crippen LogP contribution >= 0.6 is 15.9 Å². The van der Waals surface area contributed by atoms with E-state index in [4.69, 9.17) is 0 Å². The molecule has 1 aliphatic rings. The molecular weight excluding hydrogens is 323 g/mol. The van der Waals surface area contributed by atoms with Crippen molar-refractivity contribution in [3.8, 4) is 0 Å². The van der Waals surface area contributed by atoms with E-state index in [2.05, 4.69) is 21.2 Å². The summed E-state index contributed by atoms with van der Waals surface area (Å²) in [5, 5.41) is 2.74. The van der Waals surface area contributed by atoms with E-state index in [1.54, 1.807) is 0 Å². The minimum Gasteiger partial charge on any atom is -0.349 e. The van der Waals surface area contributed by atoms with E-state index >= 15 is 0 Å². The Balaban J connectivity index is 2.20. The van der Waals surface area contributed by atoms with Gasteiger partial charge in [-0.25, -0.2) is 0 Å². The van der Waals surface area contributed by atoms with E-state index in [9.17, 15) is 18.0 Å². The van der Waals surface area contributed by atoms with Gasteiger partial charge in [-0.05, 0) is 59.8 Å². The first-order valence-electron chi connectivity index (χ1n) is 5.96. The quantitative estimate of drug-likeness (QED) is 0.888. The average molecular weight is 336 g/mol. The number of hydrogen-bond acceptors (Lipinski definition) is 1. The Labute approximate surface area is 117 Å². The minimum atomic E-state index is -4.45. The van der Waals surface area contributed by atoms with Crippen LogP contribution < -0.4 is 5.32 Å². The number of halogens is 4. The fourth-order valence-corrected chi connectivity index (χ4v) is 2.30. The molecule has 0 heterocycles. The van der Waals surface area contributed by atoms with Crippen molar-refractivity contribution in [2.75, 3.05) is 0 Å². The Morgan fingerprint density at radius 1 is 1.42 bits per heavy atom. The number of carbonyl (C=O) groups excluding carboxylic acids is 1. The minimum absolute atomic E-state index is 0.00561. The second-order valence-electron chi connectivity index (χ2n) is 4.79. The van der Waals surface area contributed by atoms with Crippen LogP contribution in [0.25, 0.3) is 0 Å². The fourth-order valence-electron chi connectivity index (χ4n) is 1.87. The largest absolute Gasteiger partial charge is 0.416 e. The van der Waals surface area contributed by atoms with Crippen LogP contribution in [-0.4, -0.2) is 11.9 Å². The van der Waals surface area contributed by atoms with Crippen LogP contribution in [0.5, 0.6) is 0 Å². The van der Waals surface area contributed by atoms with Crippen molar-refractivity contribution in [1.82, 2.24) is 5.32 Å². The number of hydrogen-bond donors (Lipinski definition) is 1. The van der Waals surface area contributed by atoms with Crippen molar-refractivity contribution in [3.05, 3.63) is 33.8 Å². The maximum absolute atomic E-state index is 12.6. The highest BCUT2D eigenvalue weighted by molar-refractivity contribution is 9.10. The van der Waals surface area contributed by atoms with Crippen LogP contribution in [0.2, 0.25) is 0 Å². The maximum Gasteiger partial charge on any atom is 0.416 e. The molecule has 2 nitrogen and oxygen atoms in total. The lowest BCUT2D eigenvalue weighted by Gasteiger charge is -2.15. The normalized spacial score (nSPS) is 17.1. The molecule has 19 heavy (non-hydrogen) atoms. The zero-order valence-electron chi connectivity index (χ0n) is 10.2. The van der Waals surface area contributed by atoms with Gasteiger partial charge in [-0.1, -0.05) is 0 Å². The monoisotopic (exact) mass is 335 g/mol. The van der Waals surface area contributed by atoms with E-state index in [0.29, 0.717) is 10.4 Å². The molecule has 0 radical (unpaired) electrons. The molecule has 1 aliphatic carbocycles. The first-order chi connectivity index (χ1) is 8.79. The Bertz CT molecular complexity index is 497. The highest BCUT2D eigenvalue weighted by atomic mass is 79.9. The summed E-state index contributed by atoms with van der Waals surface area (Å²) in [5.41, 5.74) is -0.803. The number of benzene rings is 1. The molecule has 1 unspecified atom stereocenters. The predicted octanol–water partition coefficient (Wildman–Crippen LogP) is 4.00. The molecule has 2 rings (SSSR count). The van der Waals surface area contributed by atoms with Crippen molar-refractivity contribution < 1.29 is 18.0 Å². The van der Waals surface area contributed by atoms with Gasteiger partial charge in [0.05, 0.1) is 11.1 Å². The predicted molar refractivity (Wildman–Crippen MR) is 68.8 cm³/mol. The van der Waals surface area contributed by atoms with Gasteiger partial charge in [0, 0.05) is 10.5 Å². The van der Waals surface area contributed by atoms with E-state index in [1.807, 2.05) is 6.92 Å². The van der Waals surface area contributed by atoms with Crippen molar-refractivity contribution in [2.24, 2.45) is 5.92 Å². The second kappa shape index (κ2) is 5.15. The molecule has 104 valence electrons. The van der Waals surface area contributed by atoms with Gasteiger partial charge in [0.1, 0.15) is 0 Å². The highest BCUT2D eigenvalue weighted by Gasteiger charge is 2.33. The van der Waals surface area contributed by atoms with E-state index in [0.717, 1.165) is 25.0 Å². The number of rotatable bonds is 3. The molecule has 0 spiro atoms. The van der Waals surface area contributed by atoms with E-state index < -0.39 is 17.6 Å². The molecule has 6 heteroatoms. The van der Waals surface area contributed by atoms with E-state index in [1.165, 1.54) is 6.07 Å². The smallest absolute Gasteiger partial charge is 0.349 e. The summed E-state index contributed by atoms with van der Waals surface area (Å²) in [6.45, 7) is 1.87. The summed E-state index contributed by atoms with van der Waals surface area (Å²) in [7, 11) is 0. The fraction of sp³-hybridized carbons (Fsp3) is 0.462. The SMILES string of the molecule is CC(NC(=O)c1cc(C(F)(F)F)ccc1Br)C1CC1. The number of nitrogens with one attached hydrogen (secondary N) is 1. The van der Waals surface area contributed by atoms with Crippen molar-refractivity contribution in [1.29, 1.82) is 0 Å². The zero-order chi connectivity index (χ0) is 14.2. The van der Waals surface area contributed by atoms with Crippen molar-refractivity contribution >= 4 is 21.8 Å². The van der Waals surface area contributed by atoms with Crippen LogP contribution in [0.3, 0.4) is 0 Å². The lowest BCUT2D eigenvalue weighted by Crippen LogP contribution is -2.34. The lowest BCUT2D eigenvalue weighted by atomic mass is 10.1. The Hall–Kier alpha value is -1.04. The zero-order valence-corrected chi connectivity index (χ0v) is 11.8. The highest BCUT2D eigenvalue weighted by Crippen LogP contribution is 2.34. The van der Waals surface area contributed by atoms with Crippen LogP contribution in [0.15, 0.2) is 22.7 Å². The van der Waals surface area contributed by atoms with Crippen LogP contribution in [0.1, 0.15) is 35.7 Å². The molecule has 0 aliphatic heterocycles. The molecule has 1 saturated carbocycles. The standard InChI is InChI=1S/C13H13BrF3NO/c1-7(8-2-3-8)18-12(19)10-6-9(13(15,16)17)4-5-11(10)14/h4-8H,2-3H2,1H3,(H,18,19). The number of carbonyl (C=O) groups is 1. The van der Waals surface area contributed by atoms with Gasteiger partial charge in [0.15, 0.2) is 0 Å². The molecule has 1 aromatic carbocycles. The third kappa shape index (κ3) is 3.49. The molecule has 0 aromatic heterocycles. The van der Waals surface area contributed by atoms with Gasteiger partial charge in [-0.15, -0.1) is 0 Å². The van der Waals surface area contributed by atoms with Gasteiger partial charge in [-0.2, -0.15) is 13.2 Å². The second-order valence-corrected chi connectivity index (χ2v) is 5.65. The number of alkyl halides is 3. The molecular formula is C13H13BrF3NO. The lowest BCUT2D eigenvalue weighted by molar-refractivity contribution is -0.137. The van der Waals surface area contributed by atoms with Crippen molar-refractivity contribution in [3.63, 3.8) is 0 Å². The topological polar surface area (TPSA) is 29.1 Å². The molecule has 0 bridgehead atoms. The first kappa shape index (κ1) is 14.4. The third-order valence-corrected chi connectivity index (χ3v) is 3.92. The van der Waals surface area contributed by atoms with Crippen LogP contribution in [-0.2, 0) is 6.18 Å². The van der Waals surface area contributed by atoms with Crippen molar-refractivity contribution in [2.45, 2.75) is 32.0 Å². The molecule has 1 N–H and O–H groups in total. The molecule has 1 aromatic rings. The Morgan fingerprint density at radius 3 is 2.58 bits per heavy atom.